The number of H-pyrrole nitrogens is 1. The van der Waals surface area contributed by atoms with Crippen LogP contribution in [0.25, 0.3) is 0 Å². The third-order valence-electron chi connectivity index (χ3n) is 1.80. The number of carbonyl (C=O) groups is 1. The minimum absolute atomic E-state index is 0.0634. The molecule has 0 aliphatic carbocycles. The molecule has 0 fully saturated rings. The van der Waals surface area contributed by atoms with Crippen molar-refractivity contribution in [3.05, 3.63) is 24.0 Å². The highest BCUT2D eigenvalue weighted by molar-refractivity contribution is 5.92. The fourth-order valence-corrected chi connectivity index (χ4v) is 1.09. The second kappa shape index (κ2) is 6.21. The van der Waals surface area contributed by atoms with Gasteiger partial charge in [0.15, 0.2) is 0 Å². The lowest BCUT2D eigenvalue weighted by molar-refractivity contribution is 0.0940. The Morgan fingerprint density at radius 3 is 3.14 bits per heavy atom. The van der Waals surface area contributed by atoms with E-state index < -0.39 is 0 Å². The highest BCUT2D eigenvalue weighted by atomic mass is 16.5. The van der Waals surface area contributed by atoms with Crippen molar-refractivity contribution >= 4 is 5.91 Å². The highest BCUT2D eigenvalue weighted by Crippen LogP contribution is 1.93. The monoisotopic (exact) mass is 196 g/mol. The second-order valence-corrected chi connectivity index (χ2v) is 2.89. The normalized spacial score (nSPS) is 10.1. The first-order chi connectivity index (χ1) is 6.84. The molecular formula is C10H16N2O2. The Morgan fingerprint density at radius 1 is 1.64 bits per heavy atom. The lowest BCUT2D eigenvalue weighted by Crippen LogP contribution is -2.25. The first-order valence-electron chi connectivity index (χ1n) is 4.84. The zero-order chi connectivity index (χ0) is 10.2. The molecule has 0 aliphatic rings. The molecule has 4 nitrogen and oxygen atoms in total. The van der Waals surface area contributed by atoms with E-state index in [1.165, 1.54) is 0 Å². The number of hydrogen-bond donors (Lipinski definition) is 2. The van der Waals surface area contributed by atoms with Crippen molar-refractivity contribution in [1.82, 2.24) is 10.3 Å². The van der Waals surface area contributed by atoms with Crippen LogP contribution in [0.5, 0.6) is 0 Å². The number of aromatic nitrogens is 1. The fourth-order valence-electron chi connectivity index (χ4n) is 1.09. The Labute approximate surface area is 83.7 Å². The molecule has 0 bridgehead atoms. The summed E-state index contributed by atoms with van der Waals surface area (Å²) in [5.41, 5.74) is 0.599. The first kappa shape index (κ1) is 10.8. The largest absolute Gasteiger partial charge is 0.382 e. The maximum absolute atomic E-state index is 11.4. The van der Waals surface area contributed by atoms with Crippen LogP contribution in [0.3, 0.4) is 0 Å². The molecule has 0 aliphatic heterocycles. The Hall–Kier alpha value is -1.29. The molecule has 0 atom stereocenters. The molecule has 14 heavy (non-hydrogen) atoms. The molecule has 0 saturated carbocycles. The molecule has 78 valence electrons. The molecule has 2 N–H and O–H groups in total. The van der Waals surface area contributed by atoms with Gasteiger partial charge >= 0.3 is 0 Å². The Morgan fingerprint density at radius 2 is 2.50 bits per heavy atom. The van der Waals surface area contributed by atoms with E-state index in [9.17, 15) is 4.79 Å². The van der Waals surface area contributed by atoms with Gasteiger partial charge in [-0.1, -0.05) is 0 Å². The number of carbonyl (C=O) groups excluding carboxylic acids is 1. The molecule has 4 heteroatoms. The van der Waals surface area contributed by atoms with E-state index in [4.69, 9.17) is 4.74 Å². The third-order valence-corrected chi connectivity index (χ3v) is 1.80. The van der Waals surface area contributed by atoms with Crippen molar-refractivity contribution < 1.29 is 9.53 Å². The topological polar surface area (TPSA) is 54.1 Å². The first-order valence-corrected chi connectivity index (χ1v) is 4.84. The molecule has 0 radical (unpaired) electrons. The molecule has 0 unspecified atom stereocenters. The van der Waals surface area contributed by atoms with Gasteiger partial charge < -0.3 is 15.0 Å². The van der Waals surface area contributed by atoms with Crippen LogP contribution in [0, 0.1) is 0 Å². The minimum atomic E-state index is -0.0634. The van der Waals surface area contributed by atoms with E-state index in [1.54, 1.807) is 18.3 Å². The van der Waals surface area contributed by atoms with E-state index >= 15 is 0 Å². The van der Waals surface area contributed by atoms with E-state index in [0.29, 0.717) is 18.8 Å². The van der Waals surface area contributed by atoms with E-state index in [1.807, 2.05) is 6.92 Å². The number of amides is 1. The zero-order valence-corrected chi connectivity index (χ0v) is 8.38. The summed E-state index contributed by atoms with van der Waals surface area (Å²) in [7, 11) is 0. The van der Waals surface area contributed by atoms with Crippen molar-refractivity contribution in [2.45, 2.75) is 13.3 Å². The molecule has 1 heterocycles. The van der Waals surface area contributed by atoms with Crippen LogP contribution in [0.1, 0.15) is 23.8 Å². The molecule has 1 rings (SSSR count). The fraction of sp³-hybridized carbons (Fsp3) is 0.500. The van der Waals surface area contributed by atoms with Crippen molar-refractivity contribution in [2.75, 3.05) is 19.8 Å². The van der Waals surface area contributed by atoms with Gasteiger partial charge in [-0.15, -0.1) is 0 Å². The van der Waals surface area contributed by atoms with Crippen LogP contribution in [0.15, 0.2) is 18.3 Å². The average molecular weight is 196 g/mol. The van der Waals surface area contributed by atoms with Gasteiger partial charge in [-0.25, -0.2) is 0 Å². The van der Waals surface area contributed by atoms with E-state index in [0.717, 1.165) is 13.0 Å². The highest BCUT2D eigenvalue weighted by Gasteiger charge is 2.03. The third kappa shape index (κ3) is 3.62. The van der Waals surface area contributed by atoms with Gasteiger partial charge in [-0.3, -0.25) is 4.79 Å². The number of nitrogens with one attached hydrogen (secondary N) is 2. The van der Waals surface area contributed by atoms with Crippen LogP contribution in [-0.4, -0.2) is 30.6 Å². The Balaban J connectivity index is 2.10. The number of ether oxygens (including phenoxy) is 1. The molecule has 0 aromatic carbocycles. The average Bonchev–Trinajstić information content (AvgIpc) is 2.70. The van der Waals surface area contributed by atoms with Gasteiger partial charge in [0.05, 0.1) is 0 Å². The van der Waals surface area contributed by atoms with Crippen LogP contribution < -0.4 is 5.32 Å². The Kier molecular flexibility index (Phi) is 4.78. The van der Waals surface area contributed by atoms with Gasteiger partial charge in [0.2, 0.25) is 0 Å². The molecule has 1 aromatic rings. The van der Waals surface area contributed by atoms with Crippen LogP contribution >= 0.6 is 0 Å². The predicted octanol–water partition coefficient (Wildman–Crippen LogP) is 1.17. The van der Waals surface area contributed by atoms with Crippen molar-refractivity contribution in [3.63, 3.8) is 0 Å². The van der Waals surface area contributed by atoms with Crippen LogP contribution in [0.4, 0.5) is 0 Å². The number of aromatic amines is 1. The van der Waals surface area contributed by atoms with Gasteiger partial charge in [0.1, 0.15) is 5.69 Å². The number of rotatable bonds is 6. The van der Waals surface area contributed by atoms with E-state index in [-0.39, 0.29) is 5.91 Å². The molecular weight excluding hydrogens is 180 g/mol. The zero-order valence-electron chi connectivity index (χ0n) is 8.38. The van der Waals surface area contributed by atoms with Gasteiger partial charge in [0, 0.05) is 26.0 Å². The molecule has 0 saturated heterocycles. The van der Waals surface area contributed by atoms with Crippen molar-refractivity contribution in [2.24, 2.45) is 0 Å². The SMILES string of the molecule is CCOCCCNC(=O)c1ccc[nH]1. The van der Waals surface area contributed by atoms with Crippen LogP contribution in [-0.2, 0) is 4.74 Å². The predicted molar refractivity (Wildman–Crippen MR) is 54.2 cm³/mol. The van der Waals surface area contributed by atoms with Crippen LogP contribution in [0.2, 0.25) is 0 Å². The summed E-state index contributed by atoms with van der Waals surface area (Å²) in [5, 5.41) is 2.79. The maximum Gasteiger partial charge on any atom is 0.267 e. The lowest BCUT2D eigenvalue weighted by Gasteiger charge is -2.03. The molecule has 1 amide bonds. The summed E-state index contributed by atoms with van der Waals surface area (Å²) in [6, 6.07) is 3.55. The number of hydrogen-bond acceptors (Lipinski definition) is 2. The van der Waals surface area contributed by atoms with Gasteiger partial charge in [0.25, 0.3) is 5.91 Å². The van der Waals surface area contributed by atoms with Gasteiger partial charge in [-0.2, -0.15) is 0 Å². The van der Waals surface area contributed by atoms with Crippen molar-refractivity contribution in [1.29, 1.82) is 0 Å². The summed E-state index contributed by atoms with van der Waals surface area (Å²) >= 11 is 0. The molecule has 0 spiro atoms. The standard InChI is InChI=1S/C10H16N2O2/c1-2-14-8-4-7-12-10(13)9-5-3-6-11-9/h3,5-6,11H,2,4,7-8H2,1H3,(H,12,13). The van der Waals surface area contributed by atoms with E-state index in [2.05, 4.69) is 10.3 Å². The summed E-state index contributed by atoms with van der Waals surface area (Å²) in [6.45, 7) is 4.03. The molecule has 1 aromatic heterocycles. The summed E-state index contributed by atoms with van der Waals surface area (Å²) in [5.74, 6) is -0.0634. The maximum atomic E-state index is 11.4. The summed E-state index contributed by atoms with van der Waals surface area (Å²) in [4.78, 5) is 14.2. The van der Waals surface area contributed by atoms with Gasteiger partial charge in [-0.05, 0) is 25.5 Å². The Bertz CT molecular complexity index is 257. The quantitative estimate of drug-likeness (QED) is 0.671. The second-order valence-electron chi connectivity index (χ2n) is 2.89. The summed E-state index contributed by atoms with van der Waals surface area (Å²) < 4.78 is 5.15. The smallest absolute Gasteiger partial charge is 0.267 e. The van der Waals surface area contributed by atoms with Crippen molar-refractivity contribution in [3.8, 4) is 0 Å². The lowest BCUT2D eigenvalue weighted by atomic mass is 10.4. The summed E-state index contributed by atoms with van der Waals surface area (Å²) in [6.07, 6.45) is 2.58. The minimum Gasteiger partial charge on any atom is -0.382 e.